The molecule has 0 saturated heterocycles. The summed E-state index contributed by atoms with van der Waals surface area (Å²) in [6.45, 7) is 3.22. The van der Waals surface area contributed by atoms with Crippen molar-refractivity contribution in [1.29, 1.82) is 0 Å². The molecule has 4 saturated carbocycles. The maximum absolute atomic E-state index is 4.56. The molecule has 4 aliphatic carbocycles. The van der Waals surface area contributed by atoms with Crippen molar-refractivity contribution in [3.05, 3.63) is 17.5 Å². The van der Waals surface area contributed by atoms with Crippen molar-refractivity contribution in [1.82, 2.24) is 15.1 Å². The van der Waals surface area contributed by atoms with Crippen LogP contribution in [-0.2, 0) is 20.0 Å². The molecule has 0 spiro atoms. The van der Waals surface area contributed by atoms with Gasteiger partial charge in [-0.25, -0.2) is 0 Å². The number of nitrogens with one attached hydrogen (secondary N) is 1. The fourth-order valence-corrected chi connectivity index (χ4v) is 5.52. The third-order valence-electron chi connectivity index (χ3n) is 6.08. The topological polar surface area (TPSA) is 29.9 Å². The minimum Gasteiger partial charge on any atom is -0.309 e. The fourth-order valence-electron chi connectivity index (χ4n) is 5.52. The molecule has 1 aromatic heterocycles. The Hall–Kier alpha value is -0.830. The third kappa shape index (κ3) is 2.11. The lowest BCUT2D eigenvalue weighted by molar-refractivity contribution is -0.0142. The fraction of sp³-hybridized carbons (Fsp3) is 0.824. The van der Waals surface area contributed by atoms with Crippen LogP contribution in [0.25, 0.3) is 0 Å². The summed E-state index contributed by atoms with van der Waals surface area (Å²) < 4.78 is 1.97. The molecule has 4 bridgehead atoms. The zero-order valence-electron chi connectivity index (χ0n) is 12.8. The van der Waals surface area contributed by atoms with Crippen molar-refractivity contribution in [3.8, 4) is 0 Å². The summed E-state index contributed by atoms with van der Waals surface area (Å²) in [7, 11) is 2.03. The Bertz CT molecular complexity index is 462. The Morgan fingerprint density at radius 2 is 1.80 bits per heavy atom. The van der Waals surface area contributed by atoms with Crippen LogP contribution in [0.2, 0.25) is 0 Å². The Kier molecular flexibility index (Phi) is 3.13. The first-order chi connectivity index (χ1) is 9.72. The Morgan fingerprint density at radius 3 is 2.40 bits per heavy atom. The van der Waals surface area contributed by atoms with Gasteiger partial charge in [0.05, 0.1) is 5.69 Å². The molecule has 0 aliphatic heterocycles. The van der Waals surface area contributed by atoms with Crippen LogP contribution in [-0.4, -0.2) is 15.8 Å². The van der Waals surface area contributed by atoms with E-state index in [9.17, 15) is 0 Å². The van der Waals surface area contributed by atoms with Crippen molar-refractivity contribution < 1.29 is 0 Å². The van der Waals surface area contributed by atoms with E-state index < -0.39 is 0 Å². The zero-order valence-corrected chi connectivity index (χ0v) is 12.8. The van der Waals surface area contributed by atoms with Gasteiger partial charge in [-0.1, -0.05) is 6.92 Å². The van der Waals surface area contributed by atoms with Gasteiger partial charge in [0, 0.05) is 31.4 Å². The highest BCUT2D eigenvalue weighted by Crippen LogP contribution is 2.53. The van der Waals surface area contributed by atoms with E-state index in [1.165, 1.54) is 36.9 Å². The van der Waals surface area contributed by atoms with Gasteiger partial charge in [0.25, 0.3) is 0 Å². The summed E-state index contributed by atoms with van der Waals surface area (Å²) in [5.41, 5.74) is 2.67. The van der Waals surface area contributed by atoms with Crippen LogP contribution in [0.5, 0.6) is 0 Å². The predicted molar refractivity (Wildman–Crippen MR) is 80.3 cm³/mol. The largest absolute Gasteiger partial charge is 0.309 e. The molecule has 0 atom stereocenters. The van der Waals surface area contributed by atoms with Crippen molar-refractivity contribution in [2.75, 3.05) is 0 Å². The van der Waals surface area contributed by atoms with E-state index >= 15 is 0 Å². The Morgan fingerprint density at radius 1 is 1.15 bits per heavy atom. The molecule has 0 unspecified atom stereocenters. The van der Waals surface area contributed by atoms with Crippen molar-refractivity contribution in [2.45, 2.75) is 58.0 Å². The Labute approximate surface area is 122 Å². The summed E-state index contributed by atoms with van der Waals surface area (Å²) in [6.07, 6.45) is 10.8. The van der Waals surface area contributed by atoms with Gasteiger partial charge in [-0.05, 0) is 62.2 Å². The van der Waals surface area contributed by atoms with E-state index in [2.05, 4.69) is 23.5 Å². The number of nitrogens with zero attached hydrogens (tertiary/aromatic N) is 2. The van der Waals surface area contributed by atoms with Gasteiger partial charge in [0.1, 0.15) is 0 Å². The second-order valence-corrected chi connectivity index (χ2v) is 7.47. The van der Waals surface area contributed by atoms with Crippen LogP contribution in [0.15, 0.2) is 6.20 Å². The molecule has 20 heavy (non-hydrogen) atoms. The highest BCUT2D eigenvalue weighted by Gasteiger charge is 2.47. The molecule has 0 radical (unpaired) electrons. The maximum Gasteiger partial charge on any atom is 0.0666 e. The molecular formula is C17H27N3. The quantitative estimate of drug-likeness (QED) is 0.914. The second-order valence-electron chi connectivity index (χ2n) is 7.47. The highest BCUT2D eigenvalue weighted by molar-refractivity contribution is 5.17. The summed E-state index contributed by atoms with van der Waals surface area (Å²) in [6, 6.07) is 0.785. The summed E-state index contributed by atoms with van der Waals surface area (Å²) >= 11 is 0. The van der Waals surface area contributed by atoms with Crippen LogP contribution in [0.4, 0.5) is 0 Å². The smallest absolute Gasteiger partial charge is 0.0666 e. The van der Waals surface area contributed by atoms with Gasteiger partial charge < -0.3 is 5.32 Å². The van der Waals surface area contributed by atoms with Gasteiger partial charge in [-0.15, -0.1) is 0 Å². The normalized spacial score (nSPS) is 38.6. The van der Waals surface area contributed by atoms with Crippen LogP contribution in [0, 0.1) is 23.7 Å². The van der Waals surface area contributed by atoms with E-state index in [0.717, 1.165) is 42.7 Å². The van der Waals surface area contributed by atoms with Gasteiger partial charge in [0.2, 0.25) is 0 Å². The van der Waals surface area contributed by atoms with Crippen LogP contribution < -0.4 is 5.32 Å². The first kappa shape index (κ1) is 12.9. The number of hydrogen-bond acceptors (Lipinski definition) is 2. The predicted octanol–water partition coefficient (Wildman–Crippen LogP) is 2.90. The molecule has 1 N–H and O–H groups in total. The SMILES string of the molecule is CCc1nn(C)cc1CNC1C2CC3CC(C2)CC1C3. The van der Waals surface area contributed by atoms with Crippen LogP contribution in [0.3, 0.4) is 0 Å². The number of rotatable bonds is 4. The summed E-state index contributed by atoms with van der Waals surface area (Å²) in [5, 5.41) is 8.48. The van der Waals surface area contributed by atoms with E-state index in [-0.39, 0.29) is 0 Å². The van der Waals surface area contributed by atoms with E-state index in [1.807, 2.05) is 11.7 Å². The standard InChI is InChI=1S/C17H27N3/c1-3-16-15(10-20(2)19-16)9-18-17-13-5-11-4-12(7-13)8-14(17)6-11/h10-14,17-18H,3-9H2,1-2H3. The van der Waals surface area contributed by atoms with Gasteiger partial charge in [-0.3, -0.25) is 4.68 Å². The van der Waals surface area contributed by atoms with E-state index in [0.29, 0.717) is 0 Å². The molecule has 3 nitrogen and oxygen atoms in total. The second kappa shape index (κ2) is 4.87. The molecule has 5 rings (SSSR count). The molecule has 4 fully saturated rings. The first-order valence-corrected chi connectivity index (χ1v) is 8.47. The van der Waals surface area contributed by atoms with Crippen LogP contribution >= 0.6 is 0 Å². The Balaban J connectivity index is 1.44. The van der Waals surface area contributed by atoms with Gasteiger partial charge in [-0.2, -0.15) is 5.10 Å². The zero-order chi connectivity index (χ0) is 13.7. The monoisotopic (exact) mass is 273 g/mol. The molecule has 110 valence electrons. The average Bonchev–Trinajstić information content (AvgIpc) is 2.77. The van der Waals surface area contributed by atoms with E-state index in [4.69, 9.17) is 0 Å². The summed E-state index contributed by atoms with van der Waals surface area (Å²) in [5.74, 6) is 4.07. The molecule has 1 aromatic rings. The molecule has 4 aliphatic rings. The van der Waals surface area contributed by atoms with Crippen LogP contribution in [0.1, 0.15) is 50.3 Å². The van der Waals surface area contributed by atoms with E-state index in [1.54, 1.807) is 6.42 Å². The van der Waals surface area contributed by atoms with Gasteiger partial charge >= 0.3 is 0 Å². The lowest BCUT2D eigenvalue weighted by atomic mass is 9.54. The number of aryl methyl sites for hydroxylation is 2. The molecule has 1 heterocycles. The molecular weight excluding hydrogens is 246 g/mol. The number of aromatic nitrogens is 2. The third-order valence-corrected chi connectivity index (χ3v) is 6.08. The summed E-state index contributed by atoms with van der Waals surface area (Å²) in [4.78, 5) is 0. The first-order valence-electron chi connectivity index (χ1n) is 8.47. The minimum atomic E-state index is 0.785. The van der Waals surface area contributed by atoms with Crippen molar-refractivity contribution >= 4 is 0 Å². The molecule has 3 heteroatoms. The maximum atomic E-state index is 4.56. The highest BCUT2D eigenvalue weighted by atomic mass is 15.3. The molecule has 0 aromatic carbocycles. The van der Waals surface area contributed by atoms with Crippen molar-refractivity contribution in [2.24, 2.45) is 30.7 Å². The lowest BCUT2D eigenvalue weighted by Crippen LogP contribution is -2.54. The van der Waals surface area contributed by atoms with Crippen molar-refractivity contribution in [3.63, 3.8) is 0 Å². The average molecular weight is 273 g/mol. The molecule has 0 amide bonds. The lowest BCUT2D eigenvalue weighted by Gasteiger charge is -2.54. The number of hydrogen-bond donors (Lipinski definition) is 1. The minimum absolute atomic E-state index is 0.785. The van der Waals surface area contributed by atoms with Gasteiger partial charge in [0.15, 0.2) is 0 Å².